The molecule has 0 atom stereocenters. The normalized spacial score (nSPS) is 10.2. The predicted molar refractivity (Wildman–Crippen MR) is 54.4 cm³/mol. The van der Waals surface area contributed by atoms with E-state index in [-0.39, 0.29) is 0 Å². The molecule has 15 heavy (non-hydrogen) atoms. The van der Waals surface area contributed by atoms with Crippen LogP contribution in [0.4, 0.5) is 0 Å². The first-order valence-electron chi connectivity index (χ1n) is 4.27. The van der Waals surface area contributed by atoms with E-state index in [2.05, 4.69) is 0 Å². The predicted octanol–water partition coefficient (Wildman–Crippen LogP) is 1.71. The molecule has 1 aromatic rings. The molecule has 0 saturated carbocycles. The van der Waals surface area contributed by atoms with Crippen molar-refractivity contribution >= 4 is 18.0 Å². The number of ether oxygens (including phenoxy) is 1. The van der Waals surface area contributed by atoms with Gasteiger partial charge in [-0.05, 0) is 23.8 Å². The third-order valence-electron chi connectivity index (χ3n) is 1.54. The first-order valence-corrected chi connectivity index (χ1v) is 4.27. The zero-order valence-electron chi connectivity index (χ0n) is 8.14. The molecule has 1 rings (SSSR count). The fourth-order valence-corrected chi connectivity index (χ4v) is 1.02. The Balaban J connectivity index is 2.82. The zero-order chi connectivity index (χ0) is 11.3. The van der Waals surface area contributed by atoms with Gasteiger partial charge in [-0.3, -0.25) is 4.79 Å². The lowest BCUT2D eigenvalue weighted by molar-refractivity contribution is -0.132. The number of carbonyl (C=O) groups excluding carboxylic acids is 1. The fraction of sp³-hybridized carbons (Fsp3) is 0.0909. The lowest BCUT2D eigenvalue weighted by Gasteiger charge is -2.01. The molecule has 0 aliphatic carbocycles. The Kier molecular flexibility index (Phi) is 3.62. The van der Waals surface area contributed by atoms with Crippen LogP contribution in [0.1, 0.15) is 12.5 Å². The van der Waals surface area contributed by atoms with Gasteiger partial charge in [0.05, 0.1) is 0 Å². The van der Waals surface area contributed by atoms with E-state index in [0.717, 1.165) is 6.08 Å². The van der Waals surface area contributed by atoms with Gasteiger partial charge < -0.3 is 9.84 Å². The average molecular weight is 206 g/mol. The molecule has 0 aliphatic heterocycles. The van der Waals surface area contributed by atoms with Crippen molar-refractivity contribution in [3.63, 3.8) is 0 Å². The van der Waals surface area contributed by atoms with Crippen LogP contribution in [-0.2, 0) is 9.59 Å². The Morgan fingerprint density at radius 2 is 2.13 bits per heavy atom. The SMILES string of the molecule is CC(=O)Oc1cccc(C=CC(=O)O)c1. The van der Waals surface area contributed by atoms with Gasteiger partial charge in [-0.15, -0.1) is 0 Å². The summed E-state index contributed by atoms with van der Waals surface area (Å²) in [6.07, 6.45) is 2.45. The number of benzene rings is 1. The molecular formula is C11H10O4. The van der Waals surface area contributed by atoms with Gasteiger partial charge in [-0.1, -0.05) is 12.1 Å². The molecule has 0 fully saturated rings. The van der Waals surface area contributed by atoms with Crippen LogP contribution >= 0.6 is 0 Å². The van der Waals surface area contributed by atoms with E-state index in [1.54, 1.807) is 24.3 Å². The first-order chi connectivity index (χ1) is 7.08. The highest BCUT2D eigenvalue weighted by molar-refractivity contribution is 5.85. The van der Waals surface area contributed by atoms with Gasteiger partial charge >= 0.3 is 11.9 Å². The standard InChI is InChI=1S/C11H10O4/c1-8(12)15-10-4-2-3-9(7-10)5-6-11(13)14/h2-7H,1H3,(H,13,14). The minimum atomic E-state index is -1.02. The average Bonchev–Trinajstić information content (AvgIpc) is 2.14. The molecule has 0 saturated heterocycles. The Morgan fingerprint density at radius 1 is 1.40 bits per heavy atom. The van der Waals surface area contributed by atoms with E-state index < -0.39 is 11.9 Å². The lowest BCUT2D eigenvalue weighted by atomic mass is 10.2. The molecule has 0 radical (unpaired) electrons. The van der Waals surface area contributed by atoms with Gasteiger partial charge in [0.2, 0.25) is 0 Å². The summed E-state index contributed by atoms with van der Waals surface area (Å²) in [7, 11) is 0. The van der Waals surface area contributed by atoms with Crippen LogP contribution in [0.2, 0.25) is 0 Å². The largest absolute Gasteiger partial charge is 0.478 e. The maximum absolute atomic E-state index is 10.7. The van der Waals surface area contributed by atoms with Crippen LogP contribution in [0, 0.1) is 0 Å². The summed E-state index contributed by atoms with van der Waals surface area (Å²) in [4.78, 5) is 20.9. The Hall–Kier alpha value is -2.10. The quantitative estimate of drug-likeness (QED) is 0.464. The van der Waals surface area contributed by atoms with Crippen LogP contribution in [0.3, 0.4) is 0 Å². The second-order valence-electron chi connectivity index (χ2n) is 2.84. The number of hydrogen-bond donors (Lipinski definition) is 1. The molecule has 0 heterocycles. The monoisotopic (exact) mass is 206 g/mol. The van der Waals surface area contributed by atoms with E-state index >= 15 is 0 Å². The van der Waals surface area contributed by atoms with Gasteiger partial charge in [-0.2, -0.15) is 0 Å². The van der Waals surface area contributed by atoms with Gasteiger partial charge in [0.15, 0.2) is 0 Å². The van der Waals surface area contributed by atoms with Gasteiger partial charge in [-0.25, -0.2) is 4.79 Å². The van der Waals surface area contributed by atoms with Crippen molar-refractivity contribution in [2.75, 3.05) is 0 Å². The molecule has 0 bridgehead atoms. The number of carboxylic acids is 1. The number of carboxylic acid groups (broad SMARTS) is 1. The third kappa shape index (κ3) is 4.08. The van der Waals surface area contributed by atoms with Crippen molar-refractivity contribution in [2.24, 2.45) is 0 Å². The molecule has 78 valence electrons. The minimum Gasteiger partial charge on any atom is -0.478 e. The molecular weight excluding hydrogens is 196 g/mol. The molecule has 4 heteroatoms. The highest BCUT2D eigenvalue weighted by Crippen LogP contribution is 2.14. The third-order valence-corrected chi connectivity index (χ3v) is 1.54. The van der Waals surface area contributed by atoms with E-state index in [0.29, 0.717) is 11.3 Å². The molecule has 1 N–H and O–H groups in total. The summed E-state index contributed by atoms with van der Waals surface area (Å²) in [5, 5.41) is 8.42. The van der Waals surface area contributed by atoms with Crippen molar-refractivity contribution < 1.29 is 19.4 Å². The summed E-state index contributed by atoms with van der Waals surface area (Å²) in [6.45, 7) is 1.31. The van der Waals surface area contributed by atoms with Gasteiger partial charge in [0.1, 0.15) is 5.75 Å². The number of esters is 1. The summed E-state index contributed by atoms with van der Waals surface area (Å²) in [5.74, 6) is -1.03. The van der Waals surface area contributed by atoms with E-state index in [9.17, 15) is 9.59 Å². The second-order valence-corrected chi connectivity index (χ2v) is 2.84. The maximum atomic E-state index is 10.7. The summed E-state index contributed by atoms with van der Waals surface area (Å²) in [5.41, 5.74) is 0.663. The number of hydrogen-bond acceptors (Lipinski definition) is 3. The summed E-state index contributed by atoms with van der Waals surface area (Å²) >= 11 is 0. The van der Waals surface area contributed by atoms with Crippen molar-refractivity contribution in [1.82, 2.24) is 0 Å². The summed E-state index contributed by atoms with van der Waals surface area (Å²) < 4.78 is 4.84. The van der Waals surface area contributed by atoms with Crippen molar-refractivity contribution in [1.29, 1.82) is 0 Å². The van der Waals surface area contributed by atoms with Crippen LogP contribution in [0.5, 0.6) is 5.75 Å². The van der Waals surface area contributed by atoms with Gasteiger partial charge in [0.25, 0.3) is 0 Å². The van der Waals surface area contributed by atoms with Crippen LogP contribution in [0.15, 0.2) is 30.3 Å². The highest BCUT2D eigenvalue weighted by atomic mass is 16.5. The molecule has 0 aliphatic rings. The molecule has 0 spiro atoms. The molecule has 0 aromatic heterocycles. The number of aliphatic carboxylic acids is 1. The van der Waals surface area contributed by atoms with Crippen LogP contribution in [-0.4, -0.2) is 17.0 Å². The smallest absolute Gasteiger partial charge is 0.328 e. The van der Waals surface area contributed by atoms with E-state index in [1.165, 1.54) is 13.0 Å². The number of rotatable bonds is 3. The van der Waals surface area contributed by atoms with Crippen LogP contribution < -0.4 is 4.74 Å². The fourth-order valence-electron chi connectivity index (χ4n) is 1.02. The molecule has 4 nitrogen and oxygen atoms in total. The summed E-state index contributed by atoms with van der Waals surface area (Å²) in [6, 6.07) is 6.60. The second kappa shape index (κ2) is 4.95. The van der Waals surface area contributed by atoms with E-state index in [4.69, 9.17) is 9.84 Å². The topological polar surface area (TPSA) is 63.6 Å². The van der Waals surface area contributed by atoms with Crippen LogP contribution in [0.25, 0.3) is 6.08 Å². The Morgan fingerprint density at radius 3 is 2.73 bits per heavy atom. The molecule has 0 amide bonds. The van der Waals surface area contributed by atoms with Crippen molar-refractivity contribution in [3.8, 4) is 5.75 Å². The van der Waals surface area contributed by atoms with Gasteiger partial charge in [0, 0.05) is 13.0 Å². The maximum Gasteiger partial charge on any atom is 0.328 e. The Labute approximate surface area is 86.8 Å². The molecule has 0 unspecified atom stereocenters. The minimum absolute atomic E-state index is 0.398. The first kappa shape index (κ1) is 11.0. The van der Waals surface area contributed by atoms with E-state index in [1.807, 2.05) is 0 Å². The highest BCUT2D eigenvalue weighted by Gasteiger charge is 1.97. The lowest BCUT2D eigenvalue weighted by Crippen LogP contribution is -2.01. The Bertz CT molecular complexity index is 407. The molecule has 1 aromatic carbocycles. The van der Waals surface area contributed by atoms with Crippen molar-refractivity contribution in [2.45, 2.75) is 6.92 Å². The zero-order valence-corrected chi connectivity index (χ0v) is 8.14. The number of carbonyl (C=O) groups is 2. The van der Waals surface area contributed by atoms with Crippen molar-refractivity contribution in [3.05, 3.63) is 35.9 Å².